The van der Waals surface area contributed by atoms with E-state index in [-0.39, 0.29) is 0 Å². The molecule has 0 atom stereocenters. The van der Waals surface area contributed by atoms with Crippen LogP contribution >= 0.6 is 11.6 Å². The van der Waals surface area contributed by atoms with Crippen LogP contribution in [0.25, 0.3) is 0 Å². The summed E-state index contributed by atoms with van der Waals surface area (Å²) in [5.41, 5.74) is 1.35. The summed E-state index contributed by atoms with van der Waals surface area (Å²) >= 11 is 5.65. The van der Waals surface area contributed by atoms with Crippen molar-refractivity contribution in [1.29, 1.82) is 0 Å². The summed E-state index contributed by atoms with van der Waals surface area (Å²) in [6.45, 7) is 4.01. The summed E-state index contributed by atoms with van der Waals surface area (Å²) in [6.07, 6.45) is 4.57. The van der Waals surface area contributed by atoms with Crippen molar-refractivity contribution < 1.29 is 4.92 Å². The summed E-state index contributed by atoms with van der Waals surface area (Å²) in [5.74, 6) is 0. The number of hydrogen-bond donors (Lipinski definition) is 1. The van der Waals surface area contributed by atoms with Crippen LogP contribution in [-0.2, 0) is 6.42 Å². The van der Waals surface area contributed by atoms with Crippen molar-refractivity contribution in [3.8, 4) is 0 Å². The fourth-order valence-electron chi connectivity index (χ4n) is 1.22. The first-order valence-corrected chi connectivity index (χ1v) is 5.29. The minimum atomic E-state index is -0.491. The molecule has 1 N–H and O–H groups in total. The first-order chi connectivity index (χ1) is 8.11. The van der Waals surface area contributed by atoms with Crippen LogP contribution < -0.4 is 5.32 Å². The van der Waals surface area contributed by atoms with Crippen LogP contribution in [0.1, 0.15) is 5.56 Å². The first-order valence-electron chi connectivity index (χ1n) is 4.91. The lowest BCUT2D eigenvalue weighted by Gasteiger charge is -2.06. The third kappa shape index (κ3) is 5.12. The summed E-state index contributed by atoms with van der Waals surface area (Å²) < 4.78 is 0. The molecule has 90 valence electrons. The van der Waals surface area contributed by atoms with E-state index < -0.39 is 4.92 Å². The SMILES string of the molecule is C=CCN/C(=C\[N+](=O)[O-])Cc1ccc(Cl)nc1. The number of nitro groups is 1. The number of nitrogens with one attached hydrogen (secondary N) is 1. The summed E-state index contributed by atoms with van der Waals surface area (Å²) in [5, 5.41) is 13.7. The van der Waals surface area contributed by atoms with Gasteiger partial charge in [-0.15, -0.1) is 6.58 Å². The molecular weight excluding hydrogens is 242 g/mol. The lowest BCUT2D eigenvalue weighted by molar-refractivity contribution is -0.403. The fourth-order valence-corrected chi connectivity index (χ4v) is 1.33. The maximum atomic E-state index is 10.4. The highest BCUT2D eigenvalue weighted by molar-refractivity contribution is 6.29. The third-order valence-corrected chi connectivity index (χ3v) is 2.14. The minimum Gasteiger partial charge on any atom is -0.380 e. The molecule has 0 saturated carbocycles. The van der Waals surface area contributed by atoms with E-state index in [0.29, 0.717) is 23.8 Å². The Hall–Kier alpha value is -1.88. The van der Waals surface area contributed by atoms with Gasteiger partial charge in [-0.3, -0.25) is 10.1 Å². The monoisotopic (exact) mass is 253 g/mol. The van der Waals surface area contributed by atoms with Gasteiger partial charge in [-0.25, -0.2) is 4.98 Å². The Bertz CT molecular complexity index is 429. The van der Waals surface area contributed by atoms with Gasteiger partial charge in [0.05, 0.1) is 10.6 Å². The zero-order valence-electron chi connectivity index (χ0n) is 9.10. The Morgan fingerprint density at radius 1 is 1.65 bits per heavy atom. The molecule has 0 aliphatic carbocycles. The molecule has 6 heteroatoms. The van der Waals surface area contributed by atoms with Crippen molar-refractivity contribution in [3.05, 3.63) is 63.7 Å². The van der Waals surface area contributed by atoms with Gasteiger partial charge >= 0.3 is 0 Å². The topological polar surface area (TPSA) is 68.1 Å². The van der Waals surface area contributed by atoms with E-state index in [4.69, 9.17) is 11.6 Å². The normalized spacial score (nSPS) is 11.0. The number of rotatable bonds is 6. The van der Waals surface area contributed by atoms with Crippen molar-refractivity contribution in [1.82, 2.24) is 10.3 Å². The number of halogens is 1. The Balaban J connectivity index is 2.75. The highest BCUT2D eigenvalue weighted by Gasteiger charge is 2.04. The summed E-state index contributed by atoms with van der Waals surface area (Å²) in [6, 6.07) is 3.42. The molecule has 0 aromatic carbocycles. The van der Waals surface area contributed by atoms with E-state index in [1.807, 2.05) is 0 Å². The average Bonchev–Trinajstić information content (AvgIpc) is 2.28. The van der Waals surface area contributed by atoms with Gasteiger partial charge in [-0.05, 0) is 11.6 Å². The third-order valence-electron chi connectivity index (χ3n) is 1.92. The number of nitrogens with zero attached hydrogens (tertiary/aromatic N) is 2. The van der Waals surface area contributed by atoms with Crippen LogP contribution in [0.5, 0.6) is 0 Å². The lowest BCUT2D eigenvalue weighted by atomic mass is 10.1. The van der Waals surface area contributed by atoms with E-state index in [0.717, 1.165) is 11.8 Å². The van der Waals surface area contributed by atoms with Crippen molar-refractivity contribution in [2.45, 2.75) is 6.42 Å². The zero-order chi connectivity index (χ0) is 12.7. The Kier molecular flexibility index (Phi) is 5.16. The van der Waals surface area contributed by atoms with Crippen LogP contribution in [0.4, 0.5) is 0 Å². The zero-order valence-corrected chi connectivity index (χ0v) is 9.85. The number of aromatic nitrogens is 1. The molecule has 17 heavy (non-hydrogen) atoms. The van der Waals surface area contributed by atoms with Crippen molar-refractivity contribution in [2.75, 3.05) is 6.54 Å². The van der Waals surface area contributed by atoms with E-state index in [2.05, 4.69) is 16.9 Å². The molecule has 0 aliphatic heterocycles. The second kappa shape index (κ2) is 6.65. The standard InChI is InChI=1S/C11H12ClN3O2/c1-2-5-13-10(8-15(16)17)6-9-3-4-11(12)14-7-9/h2-4,7-8,13H,1,5-6H2/b10-8-. The lowest BCUT2D eigenvalue weighted by Crippen LogP contribution is -2.16. The van der Waals surface area contributed by atoms with Crippen molar-refractivity contribution in [3.63, 3.8) is 0 Å². The Morgan fingerprint density at radius 3 is 2.94 bits per heavy atom. The molecule has 0 spiro atoms. The number of pyridine rings is 1. The van der Waals surface area contributed by atoms with Crippen molar-refractivity contribution in [2.24, 2.45) is 0 Å². The molecule has 1 rings (SSSR count). The largest absolute Gasteiger partial charge is 0.380 e. The van der Waals surface area contributed by atoms with Crippen LogP contribution in [0.2, 0.25) is 5.15 Å². The highest BCUT2D eigenvalue weighted by atomic mass is 35.5. The van der Waals surface area contributed by atoms with Crippen molar-refractivity contribution >= 4 is 11.6 Å². The highest BCUT2D eigenvalue weighted by Crippen LogP contribution is 2.09. The van der Waals surface area contributed by atoms with Crippen LogP contribution in [0, 0.1) is 10.1 Å². The second-order valence-electron chi connectivity index (χ2n) is 3.28. The molecule has 0 fully saturated rings. The van der Waals surface area contributed by atoms with Gasteiger partial charge in [-0.1, -0.05) is 23.7 Å². The molecule has 5 nitrogen and oxygen atoms in total. The molecule has 0 saturated heterocycles. The summed E-state index contributed by atoms with van der Waals surface area (Å²) in [4.78, 5) is 13.9. The van der Waals surface area contributed by atoms with Gasteiger partial charge < -0.3 is 5.32 Å². The molecule has 0 radical (unpaired) electrons. The minimum absolute atomic E-state index is 0.396. The molecule has 0 aliphatic rings. The van der Waals surface area contributed by atoms with E-state index in [9.17, 15) is 10.1 Å². The van der Waals surface area contributed by atoms with Gasteiger partial charge in [0.2, 0.25) is 0 Å². The van der Waals surface area contributed by atoms with Crippen LogP contribution in [0.15, 0.2) is 42.9 Å². The molecule has 0 unspecified atom stereocenters. The maximum absolute atomic E-state index is 10.4. The van der Waals surface area contributed by atoms with Gasteiger partial charge in [-0.2, -0.15) is 0 Å². The predicted molar refractivity (Wildman–Crippen MR) is 66.2 cm³/mol. The molecular formula is C11H12ClN3O2. The Labute approximate surface area is 104 Å². The van der Waals surface area contributed by atoms with Gasteiger partial charge in [0.15, 0.2) is 0 Å². The maximum Gasteiger partial charge on any atom is 0.253 e. The predicted octanol–water partition coefficient (Wildman–Crippen LogP) is 2.17. The van der Waals surface area contributed by atoms with Crippen LogP contribution in [-0.4, -0.2) is 16.5 Å². The first kappa shape index (κ1) is 13.2. The smallest absolute Gasteiger partial charge is 0.253 e. The molecule has 1 heterocycles. The van der Waals surface area contributed by atoms with E-state index in [1.54, 1.807) is 24.4 Å². The fraction of sp³-hybridized carbons (Fsp3) is 0.182. The molecule has 1 aromatic rings. The van der Waals surface area contributed by atoms with Gasteiger partial charge in [0.1, 0.15) is 5.15 Å². The molecule has 1 aromatic heterocycles. The molecule has 0 bridgehead atoms. The number of hydrogen-bond acceptors (Lipinski definition) is 4. The Morgan fingerprint density at radius 2 is 2.41 bits per heavy atom. The molecule has 0 amide bonds. The number of allylic oxidation sites excluding steroid dienone is 1. The second-order valence-corrected chi connectivity index (χ2v) is 3.66. The van der Waals surface area contributed by atoms with E-state index in [1.165, 1.54) is 0 Å². The quantitative estimate of drug-likeness (QED) is 0.365. The van der Waals surface area contributed by atoms with Gasteiger partial charge in [0, 0.05) is 19.2 Å². The van der Waals surface area contributed by atoms with Crippen LogP contribution in [0.3, 0.4) is 0 Å². The van der Waals surface area contributed by atoms with Gasteiger partial charge in [0.25, 0.3) is 6.20 Å². The average molecular weight is 254 g/mol. The van der Waals surface area contributed by atoms with E-state index >= 15 is 0 Å². The summed E-state index contributed by atoms with van der Waals surface area (Å²) in [7, 11) is 0.